The van der Waals surface area contributed by atoms with Crippen LogP contribution in [0.25, 0.3) is 0 Å². The molecule has 4 nitrogen and oxygen atoms in total. The highest BCUT2D eigenvalue weighted by molar-refractivity contribution is 5.76. The molecular weight excluding hydrogens is 627 g/mol. The summed E-state index contributed by atoms with van der Waals surface area (Å²) in [6.07, 6.45) is 58.9. The van der Waals surface area contributed by atoms with E-state index >= 15 is 0 Å². The van der Waals surface area contributed by atoms with Crippen LogP contribution in [-0.4, -0.2) is 34.9 Å². The lowest BCUT2D eigenvalue weighted by Gasteiger charge is -2.19. The summed E-state index contributed by atoms with van der Waals surface area (Å²) in [6, 6.07) is -0.649. The second-order valence-corrected chi connectivity index (χ2v) is 14.8. The number of allylic oxidation sites excluding steroid dienone is 9. The van der Waals surface area contributed by atoms with Gasteiger partial charge in [0.1, 0.15) is 0 Å². The van der Waals surface area contributed by atoms with Crippen molar-refractivity contribution in [2.75, 3.05) is 6.61 Å². The molecule has 0 radical (unpaired) electrons. The number of rotatable bonds is 39. The summed E-state index contributed by atoms with van der Waals surface area (Å²) in [4.78, 5) is 12.4. The Morgan fingerprint density at radius 1 is 0.471 bits per heavy atom. The Balaban J connectivity index is 3.66. The topological polar surface area (TPSA) is 69.6 Å². The highest BCUT2D eigenvalue weighted by Crippen LogP contribution is 2.14. The van der Waals surface area contributed by atoms with E-state index in [-0.39, 0.29) is 12.5 Å². The van der Waals surface area contributed by atoms with E-state index in [1.165, 1.54) is 154 Å². The average molecular weight is 712 g/mol. The van der Waals surface area contributed by atoms with Gasteiger partial charge in [-0.2, -0.15) is 0 Å². The highest BCUT2D eigenvalue weighted by atomic mass is 16.3. The number of carbonyl (C=O) groups is 1. The minimum Gasteiger partial charge on any atom is -0.394 e. The number of hydrogen-bond donors (Lipinski definition) is 3. The van der Waals surface area contributed by atoms with Crippen molar-refractivity contribution in [2.45, 2.75) is 225 Å². The molecule has 0 fully saturated rings. The van der Waals surface area contributed by atoms with Gasteiger partial charge in [0, 0.05) is 6.42 Å². The fraction of sp³-hybridized carbons (Fsp3) is 0.766. The van der Waals surface area contributed by atoms with Crippen molar-refractivity contribution >= 4 is 5.91 Å². The third kappa shape index (κ3) is 39.1. The van der Waals surface area contributed by atoms with Crippen LogP contribution >= 0.6 is 0 Å². The summed E-state index contributed by atoms with van der Waals surface area (Å²) < 4.78 is 0. The first kappa shape index (κ1) is 49.1. The number of nitrogens with one attached hydrogen (secondary N) is 1. The standard InChI is InChI=1S/C47H85NO3/c1-3-5-7-9-11-13-15-17-19-21-23-25-26-28-30-32-34-36-38-40-42-46(50)45(44-49)48-47(51)43-41-39-37-35-33-31-29-27-24-22-20-18-16-14-12-10-8-6-4-2/h12,14,16,18,25-26,32,34,40,42,45-46,49-50H,3-11,13,15,17,19-24,27-31,33,35-39,41,43-44H2,1-2H3,(H,48,51)/b14-12-,18-16-,26-25+,34-32+,42-40+. The molecule has 0 bridgehead atoms. The molecule has 0 heterocycles. The average Bonchev–Trinajstić information content (AvgIpc) is 3.13. The zero-order valence-electron chi connectivity index (χ0n) is 33.9. The van der Waals surface area contributed by atoms with Crippen LogP contribution in [0.15, 0.2) is 60.8 Å². The molecule has 2 atom stereocenters. The second kappa shape index (κ2) is 42.5. The highest BCUT2D eigenvalue weighted by Gasteiger charge is 2.17. The van der Waals surface area contributed by atoms with Crippen molar-refractivity contribution in [3.8, 4) is 0 Å². The molecule has 0 saturated carbocycles. The first-order valence-electron chi connectivity index (χ1n) is 22.0. The zero-order valence-corrected chi connectivity index (χ0v) is 33.9. The summed E-state index contributed by atoms with van der Waals surface area (Å²) in [5.41, 5.74) is 0. The molecule has 0 aliphatic rings. The largest absolute Gasteiger partial charge is 0.394 e. The molecule has 0 aromatic rings. The number of unbranched alkanes of at least 4 members (excludes halogenated alkanes) is 25. The number of aliphatic hydroxyl groups is 2. The summed E-state index contributed by atoms with van der Waals surface area (Å²) in [5, 5.41) is 23.0. The van der Waals surface area contributed by atoms with Gasteiger partial charge in [-0.3, -0.25) is 4.79 Å². The summed E-state index contributed by atoms with van der Waals surface area (Å²) in [6.45, 7) is 4.26. The Bertz CT molecular complexity index is 858. The van der Waals surface area contributed by atoms with E-state index in [0.29, 0.717) is 6.42 Å². The smallest absolute Gasteiger partial charge is 0.220 e. The first-order valence-corrected chi connectivity index (χ1v) is 22.0. The molecule has 0 spiro atoms. The maximum absolute atomic E-state index is 12.4. The molecule has 0 aromatic heterocycles. The fourth-order valence-electron chi connectivity index (χ4n) is 6.32. The van der Waals surface area contributed by atoms with E-state index < -0.39 is 12.1 Å². The quantitative estimate of drug-likeness (QED) is 0.0338. The van der Waals surface area contributed by atoms with Crippen LogP contribution in [0.1, 0.15) is 213 Å². The maximum atomic E-state index is 12.4. The molecule has 1 amide bonds. The molecule has 4 heteroatoms. The van der Waals surface area contributed by atoms with Gasteiger partial charge in [0.2, 0.25) is 5.91 Å². The van der Waals surface area contributed by atoms with E-state index in [1.807, 2.05) is 6.08 Å². The van der Waals surface area contributed by atoms with Crippen LogP contribution in [0.4, 0.5) is 0 Å². The molecule has 2 unspecified atom stereocenters. The Labute approximate surface area is 317 Å². The van der Waals surface area contributed by atoms with Crippen molar-refractivity contribution in [3.05, 3.63) is 60.8 Å². The van der Waals surface area contributed by atoms with Gasteiger partial charge in [0.25, 0.3) is 0 Å². The van der Waals surface area contributed by atoms with E-state index in [1.54, 1.807) is 6.08 Å². The number of carbonyl (C=O) groups excluding carboxylic acids is 1. The molecule has 0 rings (SSSR count). The van der Waals surface area contributed by atoms with Crippen LogP contribution in [0.5, 0.6) is 0 Å². The maximum Gasteiger partial charge on any atom is 0.220 e. The van der Waals surface area contributed by atoms with Gasteiger partial charge in [0.15, 0.2) is 0 Å². The summed E-state index contributed by atoms with van der Waals surface area (Å²) in [5.74, 6) is -0.0835. The van der Waals surface area contributed by atoms with Gasteiger partial charge in [-0.1, -0.05) is 197 Å². The molecule has 0 aliphatic carbocycles. The van der Waals surface area contributed by atoms with Crippen molar-refractivity contribution in [1.82, 2.24) is 5.32 Å². The predicted octanol–water partition coefficient (Wildman–Crippen LogP) is 13.7. The molecular formula is C47H85NO3. The fourth-order valence-corrected chi connectivity index (χ4v) is 6.32. The van der Waals surface area contributed by atoms with Crippen LogP contribution < -0.4 is 5.32 Å². The molecule has 296 valence electrons. The van der Waals surface area contributed by atoms with Crippen LogP contribution in [-0.2, 0) is 4.79 Å². The number of aliphatic hydroxyl groups excluding tert-OH is 2. The molecule has 3 N–H and O–H groups in total. The lowest BCUT2D eigenvalue weighted by atomic mass is 10.0. The van der Waals surface area contributed by atoms with Gasteiger partial charge < -0.3 is 15.5 Å². The first-order chi connectivity index (χ1) is 25.2. The van der Waals surface area contributed by atoms with Gasteiger partial charge in [-0.05, 0) is 70.6 Å². The minimum absolute atomic E-state index is 0.0835. The zero-order chi connectivity index (χ0) is 37.1. The van der Waals surface area contributed by atoms with Crippen molar-refractivity contribution < 1.29 is 15.0 Å². The second-order valence-electron chi connectivity index (χ2n) is 14.8. The van der Waals surface area contributed by atoms with Crippen molar-refractivity contribution in [1.29, 1.82) is 0 Å². The van der Waals surface area contributed by atoms with Crippen molar-refractivity contribution in [3.63, 3.8) is 0 Å². The van der Waals surface area contributed by atoms with Gasteiger partial charge in [-0.15, -0.1) is 0 Å². The minimum atomic E-state index is -0.873. The Hall–Kier alpha value is -1.91. The predicted molar refractivity (Wildman–Crippen MR) is 225 cm³/mol. The summed E-state index contributed by atoms with van der Waals surface area (Å²) >= 11 is 0. The lowest BCUT2D eigenvalue weighted by molar-refractivity contribution is -0.123. The third-order valence-electron chi connectivity index (χ3n) is 9.73. The number of amides is 1. The Morgan fingerprint density at radius 2 is 0.824 bits per heavy atom. The number of hydrogen-bond acceptors (Lipinski definition) is 3. The SMILES string of the molecule is CCCCC/C=C\C=C/CCCCCCCCCCCCC(=O)NC(CO)C(O)/C=C/CC/C=C/CC/C=C/CCCCCCCCCCCC. The summed E-state index contributed by atoms with van der Waals surface area (Å²) in [7, 11) is 0. The Morgan fingerprint density at radius 3 is 1.29 bits per heavy atom. The van der Waals surface area contributed by atoms with Crippen LogP contribution in [0.2, 0.25) is 0 Å². The molecule has 51 heavy (non-hydrogen) atoms. The van der Waals surface area contributed by atoms with E-state index in [2.05, 4.69) is 67.8 Å². The van der Waals surface area contributed by atoms with Gasteiger partial charge >= 0.3 is 0 Å². The van der Waals surface area contributed by atoms with E-state index in [4.69, 9.17) is 0 Å². The van der Waals surface area contributed by atoms with Crippen molar-refractivity contribution in [2.24, 2.45) is 0 Å². The molecule has 0 aromatic carbocycles. The van der Waals surface area contributed by atoms with E-state index in [0.717, 1.165) is 38.5 Å². The van der Waals surface area contributed by atoms with Crippen LogP contribution in [0, 0.1) is 0 Å². The van der Waals surface area contributed by atoms with Gasteiger partial charge in [-0.25, -0.2) is 0 Å². The lowest BCUT2D eigenvalue weighted by Crippen LogP contribution is -2.45. The van der Waals surface area contributed by atoms with E-state index in [9.17, 15) is 15.0 Å². The third-order valence-corrected chi connectivity index (χ3v) is 9.73. The molecule has 0 saturated heterocycles. The van der Waals surface area contributed by atoms with Crippen LogP contribution in [0.3, 0.4) is 0 Å². The van der Waals surface area contributed by atoms with Gasteiger partial charge in [0.05, 0.1) is 18.8 Å². The Kier molecular flexibility index (Phi) is 40.9. The normalized spacial score (nSPS) is 13.6. The monoisotopic (exact) mass is 712 g/mol. The molecule has 0 aliphatic heterocycles.